The van der Waals surface area contributed by atoms with Gasteiger partial charge in [-0.1, -0.05) is 31.4 Å². The first-order valence-electron chi connectivity index (χ1n) is 7.85. The van der Waals surface area contributed by atoms with Gasteiger partial charge >= 0.3 is 5.97 Å². The molecule has 3 aliphatic rings. The van der Waals surface area contributed by atoms with Gasteiger partial charge in [0.15, 0.2) is 0 Å². The van der Waals surface area contributed by atoms with E-state index in [9.17, 15) is 14.7 Å². The number of carbonyl (C=O) groups excluding carboxylic acids is 1. The van der Waals surface area contributed by atoms with Crippen LogP contribution in [0.15, 0.2) is 12.2 Å². The van der Waals surface area contributed by atoms with E-state index in [4.69, 9.17) is 0 Å². The summed E-state index contributed by atoms with van der Waals surface area (Å²) in [5, 5.41) is 12.4. The summed E-state index contributed by atoms with van der Waals surface area (Å²) in [4.78, 5) is 23.8. The van der Waals surface area contributed by atoms with Crippen molar-refractivity contribution in [1.82, 2.24) is 5.32 Å². The molecule has 0 aliphatic heterocycles. The van der Waals surface area contributed by atoms with Crippen LogP contribution in [-0.2, 0) is 9.59 Å². The zero-order valence-corrected chi connectivity index (χ0v) is 11.8. The molecule has 0 saturated heterocycles. The van der Waals surface area contributed by atoms with Crippen molar-refractivity contribution in [3.05, 3.63) is 12.2 Å². The molecule has 2 saturated carbocycles. The maximum Gasteiger partial charge on any atom is 0.307 e. The zero-order valence-electron chi connectivity index (χ0n) is 11.8. The van der Waals surface area contributed by atoms with Gasteiger partial charge in [0.2, 0.25) is 5.91 Å². The molecule has 0 radical (unpaired) electrons. The summed E-state index contributed by atoms with van der Waals surface area (Å²) < 4.78 is 0. The molecule has 4 unspecified atom stereocenters. The van der Waals surface area contributed by atoms with Crippen molar-refractivity contribution in [1.29, 1.82) is 0 Å². The molecule has 2 fully saturated rings. The fourth-order valence-electron chi connectivity index (χ4n) is 4.27. The number of allylic oxidation sites excluding steroid dienone is 2. The van der Waals surface area contributed by atoms with E-state index in [0.29, 0.717) is 5.92 Å². The molecule has 110 valence electrons. The van der Waals surface area contributed by atoms with Crippen molar-refractivity contribution in [2.75, 3.05) is 6.54 Å². The molecule has 0 aromatic carbocycles. The lowest BCUT2D eigenvalue weighted by Crippen LogP contribution is -2.42. The van der Waals surface area contributed by atoms with Crippen molar-refractivity contribution in [3.63, 3.8) is 0 Å². The highest BCUT2D eigenvalue weighted by Crippen LogP contribution is 2.48. The molecule has 0 aromatic heterocycles. The monoisotopic (exact) mass is 277 g/mol. The topological polar surface area (TPSA) is 66.4 Å². The maximum absolute atomic E-state index is 12.4. The molecule has 4 nitrogen and oxygen atoms in total. The van der Waals surface area contributed by atoms with Crippen molar-refractivity contribution in [2.24, 2.45) is 29.6 Å². The second-order valence-corrected chi connectivity index (χ2v) is 6.59. The molecule has 0 heterocycles. The molecule has 4 atom stereocenters. The number of fused-ring (bicyclic) bond motifs is 2. The summed E-state index contributed by atoms with van der Waals surface area (Å²) in [6.07, 6.45) is 11.1. The number of nitrogens with one attached hydrogen (secondary N) is 1. The second kappa shape index (κ2) is 5.58. The van der Waals surface area contributed by atoms with Gasteiger partial charge in [-0.2, -0.15) is 0 Å². The lowest BCUT2D eigenvalue weighted by molar-refractivity contribution is -0.147. The molecule has 4 heteroatoms. The van der Waals surface area contributed by atoms with E-state index in [-0.39, 0.29) is 23.7 Å². The first-order chi connectivity index (χ1) is 9.66. The Morgan fingerprint density at radius 1 is 1.05 bits per heavy atom. The molecule has 0 aromatic rings. The van der Waals surface area contributed by atoms with Gasteiger partial charge in [0, 0.05) is 6.54 Å². The third kappa shape index (κ3) is 2.48. The number of amides is 1. The van der Waals surface area contributed by atoms with Crippen LogP contribution in [0.25, 0.3) is 0 Å². The standard InChI is InChI=1S/C16H23NO3/c18-15(17-9-10-4-2-1-3-5-10)13-11-6-7-12(8-11)14(13)16(19)20/h6-7,10-14H,1-5,8-9H2,(H,17,18)(H,19,20). The van der Waals surface area contributed by atoms with Crippen LogP contribution in [0, 0.1) is 29.6 Å². The van der Waals surface area contributed by atoms with Crippen LogP contribution in [0.1, 0.15) is 38.5 Å². The number of carbonyl (C=O) groups is 2. The molecule has 0 spiro atoms. The molecule has 2 N–H and O–H groups in total. The summed E-state index contributed by atoms with van der Waals surface area (Å²) in [7, 11) is 0. The normalized spacial score (nSPS) is 36.2. The van der Waals surface area contributed by atoms with Crippen LogP contribution in [0.4, 0.5) is 0 Å². The number of rotatable bonds is 4. The predicted octanol–water partition coefficient (Wildman–Crippen LogP) is 2.21. The second-order valence-electron chi connectivity index (χ2n) is 6.59. The minimum atomic E-state index is -0.820. The Hall–Kier alpha value is -1.32. The lowest BCUT2D eigenvalue weighted by Gasteiger charge is -2.26. The molecule has 20 heavy (non-hydrogen) atoms. The first-order valence-corrected chi connectivity index (χ1v) is 7.85. The fraction of sp³-hybridized carbons (Fsp3) is 0.750. The fourth-order valence-corrected chi connectivity index (χ4v) is 4.27. The highest BCUT2D eigenvalue weighted by Gasteiger charge is 2.51. The van der Waals surface area contributed by atoms with E-state index in [1.807, 2.05) is 12.2 Å². The summed E-state index contributed by atoms with van der Waals surface area (Å²) >= 11 is 0. The Labute approximate surface area is 119 Å². The van der Waals surface area contributed by atoms with E-state index >= 15 is 0 Å². The molecule has 3 rings (SSSR count). The summed E-state index contributed by atoms with van der Waals surface area (Å²) in [6.45, 7) is 0.725. The summed E-state index contributed by atoms with van der Waals surface area (Å²) in [5.74, 6) is -0.956. The van der Waals surface area contributed by atoms with Gasteiger partial charge < -0.3 is 10.4 Å². The lowest BCUT2D eigenvalue weighted by atomic mass is 9.82. The minimum absolute atomic E-state index is 0.0418. The predicted molar refractivity (Wildman–Crippen MR) is 74.9 cm³/mol. The Morgan fingerprint density at radius 2 is 1.70 bits per heavy atom. The largest absolute Gasteiger partial charge is 0.481 e. The summed E-state index contributed by atoms with van der Waals surface area (Å²) in [6, 6.07) is 0. The van der Waals surface area contributed by atoms with E-state index in [1.165, 1.54) is 32.1 Å². The molecule has 2 bridgehead atoms. The number of carboxylic acids is 1. The zero-order chi connectivity index (χ0) is 14.1. The smallest absolute Gasteiger partial charge is 0.307 e. The number of aliphatic carboxylic acids is 1. The third-order valence-corrected chi connectivity index (χ3v) is 5.34. The Balaban J connectivity index is 1.58. The van der Waals surface area contributed by atoms with Crippen LogP contribution in [0.5, 0.6) is 0 Å². The Morgan fingerprint density at radius 3 is 2.35 bits per heavy atom. The highest BCUT2D eigenvalue weighted by molar-refractivity contribution is 5.86. The number of hydrogen-bond donors (Lipinski definition) is 2. The first kappa shape index (κ1) is 13.7. The van der Waals surface area contributed by atoms with Crippen LogP contribution in [0.2, 0.25) is 0 Å². The highest BCUT2D eigenvalue weighted by atomic mass is 16.4. The Kier molecular flexibility index (Phi) is 3.81. The van der Waals surface area contributed by atoms with Gasteiger partial charge in [-0.15, -0.1) is 0 Å². The van der Waals surface area contributed by atoms with E-state index < -0.39 is 11.9 Å². The number of hydrogen-bond acceptors (Lipinski definition) is 2. The van der Waals surface area contributed by atoms with E-state index in [2.05, 4.69) is 5.32 Å². The number of carboxylic acid groups (broad SMARTS) is 1. The van der Waals surface area contributed by atoms with Gasteiger partial charge in [-0.3, -0.25) is 9.59 Å². The van der Waals surface area contributed by atoms with Crippen LogP contribution < -0.4 is 5.32 Å². The quantitative estimate of drug-likeness (QED) is 0.774. The van der Waals surface area contributed by atoms with Crippen LogP contribution >= 0.6 is 0 Å². The van der Waals surface area contributed by atoms with Gasteiger partial charge in [0.1, 0.15) is 0 Å². The maximum atomic E-state index is 12.4. The van der Waals surface area contributed by atoms with Crippen LogP contribution in [0.3, 0.4) is 0 Å². The van der Waals surface area contributed by atoms with Crippen molar-refractivity contribution in [3.8, 4) is 0 Å². The van der Waals surface area contributed by atoms with Crippen molar-refractivity contribution in [2.45, 2.75) is 38.5 Å². The molecular weight excluding hydrogens is 254 g/mol. The van der Waals surface area contributed by atoms with E-state index in [0.717, 1.165) is 13.0 Å². The van der Waals surface area contributed by atoms with Gasteiger partial charge in [-0.25, -0.2) is 0 Å². The third-order valence-electron chi connectivity index (χ3n) is 5.34. The Bertz CT molecular complexity index is 425. The molecular formula is C16H23NO3. The average molecular weight is 277 g/mol. The van der Waals surface area contributed by atoms with E-state index in [1.54, 1.807) is 0 Å². The van der Waals surface area contributed by atoms with Gasteiger partial charge in [0.25, 0.3) is 0 Å². The van der Waals surface area contributed by atoms with Crippen molar-refractivity contribution < 1.29 is 14.7 Å². The molecule has 1 amide bonds. The molecule has 3 aliphatic carbocycles. The van der Waals surface area contributed by atoms with Gasteiger partial charge in [-0.05, 0) is 37.0 Å². The SMILES string of the molecule is O=C(O)C1C2C=CC(C2)C1C(=O)NCC1CCCCC1. The average Bonchev–Trinajstić information content (AvgIpc) is 3.06. The minimum Gasteiger partial charge on any atom is -0.481 e. The summed E-state index contributed by atoms with van der Waals surface area (Å²) in [5.41, 5.74) is 0. The van der Waals surface area contributed by atoms with Crippen LogP contribution in [-0.4, -0.2) is 23.5 Å². The van der Waals surface area contributed by atoms with Gasteiger partial charge in [0.05, 0.1) is 11.8 Å². The van der Waals surface area contributed by atoms with Crippen molar-refractivity contribution >= 4 is 11.9 Å².